The largest absolute Gasteiger partial charge is 0.353 e. The minimum absolute atomic E-state index is 0.283. The van der Waals surface area contributed by atoms with Crippen molar-refractivity contribution in [2.75, 3.05) is 31.1 Å². The molecule has 1 aromatic heterocycles. The second-order valence-corrected chi connectivity index (χ2v) is 5.94. The molecule has 0 unspecified atom stereocenters. The first-order valence-electron chi connectivity index (χ1n) is 8.08. The van der Waals surface area contributed by atoms with Crippen molar-refractivity contribution < 1.29 is 4.79 Å². The molecule has 0 N–H and O–H groups in total. The van der Waals surface area contributed by atoms with E-state index in [2.05, 4.69) is 36.9 Å². The summed E-state index contributed by atoms with van der Waals surface area (Å²) in [5.41, 5.74) is 2.24. The van der Waals surface area contributed by atoms with Crippen molar-refractivity contribution in [3.05, 3.63) is 35.9 Å². The highest BCUT2D eigenvalue weighted by atomic mass is 16.2. The van der Waals surface area contributed by atoms with Gasteiger partial charge >= 0.3 is 0 Å². The van der Waals surface area contributed by atoms with Crippen molar-refractivity contribution in [2.24, 2.45) is 0 Å². The number of amides is 1. The predicted molar refractivity (Wildman–Crippen MR) is 90.2 cm³/mol. The van der Waals surface area contributed by atoms with Gasteiger partial charge in [-0.2, -0.15) is 0 Å². The number of benzene rings is 1. The molecule has 116 valence electrons. The second-order valence-electron chi connectivity index (χ2n) is 5.94. The SMILES string of the molecule is CCCC(=O)N1CCN(c2nc3ccccc3cc2C)CC1. The van der Waals surface area contributed by atoms with Crippen molar-refractivity contribution in [1.29, 1.82) is 0 Å². The zero-order valence-electron chi connectivity index (χ0n) is 13.4. The maximum atomic E-state index is 12.0. The fraction of sp³-hybridized carbons (Fsp3) is 0.444. The highest BCUT2D eigenvalue weighted by Crippen LogP contribution is 2.24. The first kappa shape index (κ1) is 14.8. The molecule has 3 rings (SSSR count). The predicted octanol–water partition coefficient (Wildman–Crippen LogP) is 2.99. The zero-order chi connectivity index (χ0) is 15.5. The van der Waals surface area contributed by atoms with Crippen LogP contribution in [0, 0.1) is 6.92 Å². The summed E-state index contributed by atoms with van der Waals surface area (Å²) in [6, 6.07) is 10.4. The number of carbonyl (C=O) groups is 1. The summed E-state index contributed by atoms with van der Waals surface area (Å²) in [5, 5.41) is 1.18. The molecule has 1 aliphatic heterocycles. The van der Waals surface area contributed by atoms with Crippen LogP contribution in [0.4, 0.5) is 5.82 Å². The van der Waals surface area contributed by atoms with Gasteiger partial charge in [-0.25, -0.2) is 4.98 Å². The quantitative estimate of drug-likeness (QED) is 0.874. The number of hydrogen-bond donors (Lipinski definition) is 0. The molecule has 0 radical (unpaired) electrons. The molecule has 0 bridgehead atoms. The van der Waals surface area contributed by atoms with Crippen LogP contribution in [0.3, 0.4) is 0 Å². The van der Waals surface area contributed by atoms with E-state index in [1.807, 2.05) is 17.0 Å². The van der Waals surface area contributed by atoms with Crippen molar-refractivity contribution in [3.63, 3.8) is 0 Å². The molecule has 1 aromatic carbocycles. The Labute approximate surface area is 131 Å². The topological polar surface area (TPSA) is 36.4 Å². The van der Waals surface area contributed by atoms with E-state index in [-0.39, 0.29) is 5.91 Å². The number of anilines is 1. The van der Waals surface area contributed by atoms with E-state index in [9.17, 15) is 4.79 Å². The van der Waals surface area contributed by atoms with E-state index in [1.165, 1.54) is 10.9 Å². The van der Waals surface area contributed by atoms with Gasteiger partial charge in [0.05, 0.1) is 5.52 Å². The van der Waals surface area contributed by atoms with Crippen LogP contribution in [0.1, 0.15) is 25.3 Å². The van der Waals surface area contributed by atoms with Crippen LogP contribution in [0.5, 0.6) is 0 Å². The van der Waals surface area contributed by atoms with Crippen molar-refractivity contribution in [2.45, 2.75) is 26.7 Å². The molecular formula is C18H23N3O. The number of rotatable bonds is 3. The van der Waals surface area contributed by atoms with Crippen molar-refractivity contribution in [3.8, 4) is 0 Å². The van der Waals surface area contributed by atoms with Gasteiger partial charge in [-0.05, 0) is 31.0 Å². The van der Waals surface area contributed by atoms with Gasteiger partial charge in [0, 0.05) is 38.0 Å². The lowest BCUT2D eigenvalue weighted by Crippen LogP contribution is -2.49. The Hall–Kier alpha value is -2.10. The van der Waals surface area contributed by atoms with Gasteiger partial charge < -0.3 is 9.80 Å². The number of nitrogens with zero attached hydrogens (tertiary/aromatic N) is 3. The zero-order valence-corrected chi connectivity index (χ0v) is 13.4. The van der Waals surface area contributed by atoms with E-state index >= 15 is 0 Å². The monoisotopic (exact) mass is 297 g/mol. The molecule has 1 aliphatic rings. The van der Waals surface area contributed by atoms with Crippen LogP contribution >= 0.6 is 0 Å². The fourth-order valence-electron chi connectivity index (χ4n) is 3.07. The lowest BCUT2D eigenvalue weighted by Gasteiger charge is -2.36. The Morgan fingerprint density at radius 1 is 1.18 bits per heavy atom. The third kappa shape index (κ3) is 2.91. The average molecular weight is 297 g/mol. The summed E-state index contributed by atoms with van der Waals surface area (Å²) in [6.07, 6.45) is 1.58. The molecule has 0 atom stereocenters. The first-order valence-corrected chi connectivity index (χ1v) is 8.08. The number of para-hydroxylation sites is 1. The Balaban J connectivity index is 1.76. The van der Waals surface area contributed by atoms with E-state index < -0.39 is 0 Å². The van der Waals surface area contributed by atoms with E-state index in [4.69, 9.17) is 4.98 Å². The standard InChI is InChI=1S/C18H23N3O/c1-3-6-17(22)20-9-11-21(12-10-20)18-14(2)13-15-7-4-5-8-16(15)19-18/h4-5,7-8,13H,3,6,9-12H2,1-2H3. The average Bonchev–Trinajstić information content (AvgIpc) is 2.54. The molecule has 2 heterocycles. The summed E-state index contributed by atoms with van der Waals surface area (Å²) >= 11 is 0. The van der Waals surface area contributed by atoms with E-state index in [0.29, 0.717) is 6.42 Å². The normalized spacial score (nSPS) is 15.4. The van der Waals surface area contributed by atoms with E-state index in [0.717, 1.165) is 43.9 Å². The van der Waals surface area contributed by atoms with Crippen molar-refractivity contribution in [1.82, 2.24) is 9.88 Å². The molecule has 1 fully saturated rings. The van der Waals surface area contributed by atoms with Crippen LogP contribution in [-0.2, 0) is 4.79 Å². The first-order chi connectivity index (χ1) is 10.7. The molecule has 0 aliphatic carbocycles. The highest BCUT2D eigenvalue weighted by molar-refractivity contribution is 5.82. The van der Waals surface area contributed by atoms with Crippen LogP contribution in [0.2, 0.25) is 0 Å². The summed E-state index contributed by atoms with van der Waals surface area (Å²) in [5.74, 6) is 1.34. The van der Waals surface area contributed by atoms with Gasteiger partial charge in [0.15, 0.2) is 0 Å². The number of hydrogen-bond acceptors (Lipinski definition) is 3. The molecule has 2 aromatic rings. The number of aryl methyl sites for hydroxylation is 1. The minimum Gasteiger partial charge on any atom is -0.353 e. The highest BCUT2D eigenvalue weighted by Gasteiger charge is 2.22. The molecule has 1 saturated heterocycles. The van der Waals surface area contributed by atoms with Crippen molar-refractivity contribution >= 4 is 22.6 Å². The molecular weight excluding hydrogens is 274 g/mol. The lowest BCUT2D eigenvalue weighted by molar-refractivity contribution is -0.131. The van der Waals surface area contributed by atoms with Crippen LogP contribution < -0.4 is 4.90 Å². The number of fused-ring (bicyclic) bond motifs is 1. The Morgan fingerprint density at radius 3 is 2.64 bits per heavy atom. The van der Waals surface area contributed by atoms with Gasteiger partial charge in [-0.3, -0.25) is 4.79 Å². The van der Waals surface area contributed by atoms with Crippen LogP contribution in [0.15, 0.2) is 30.3 Å². The van der Waals surface area contributed by atoms with Gasteiger partial charge in [0.25, 0.3) is 0 Å². The Morgan fingerprint density at radius 2 is 1.91 bits per heavy atom. The molecule has 4 heteroatoms. The van der Waals surface area contributed by atoms with Gasteiger partial charge in [0.1, 0.15) is 5.82 Å². The smallest absolute Gasteiger partial charge is 0.222 e. The Kier molecular flexibility index (Phi) is 4.27. The molecule has 0 saturated carbocycles. The van der Waals surface area contributed by atoms with Gasteiger partial charge in [0.2, 0.25) is 5.91 Å². The summed E-state index contributed by atoms with van der Waals surface area (Å²) in [7, 11) is 0. The molecule has 4 nitrogen and oxygen atoms in total. The number of piperazine rings is 1. The number of carbonyl (C=O) groups excluding carboxylic acids is 1. The lowest BCUT2D eigenvalue weighted by atomic mass is 10.1. The number of aromatic nitrogens is 1. The number of pyridine rings is 1. The second kappa shape index (κ2) is 6.34. The molecule has 22 heavy (non-hydrogen) atoms. The third-order valence-electron chi connectivity index (χ3n) is 4.28. The van der Waals surface area contributed by atoms with E-state index in [1.54, 1.807) is 0 Å². The maximum Gasteiger partial charge on any atom is 0.222 e. The minimum atomic E-state index is 0.283. The fourth-order valence-corrected chi connectivity index (χ4v) is 3.07. The van der Waals surface area contributed by atoms with Crippen LogP contribution in [0.25, 0.3) is 10.9 Å². The van der Waals surface area contributed by atoms with Gasteiger partial charge in [-0.1, -0.05) is 25.1 Å². The van der Waals surface area contributed by atoms with Crippen LogP contribution in [-0.4, -0.2) is 42.0 Å². The molecule has 1 amide bonds. The summed E-state index contributed by atoms with van der Waals surface area (Å²) < 4.78 is 0. The summed E-state index contributed by atoms with van der Waals surface area (Å²) in [6.45, 7) is 7.49. The summed E-state index contributed by atoms with van der Waals surface area (Å²) in [4.78, 5) is 21.1. The molecule has 0 spiro atoms. The van der Waals surface area contributed by atoms with Gasteiger partial charge in [-0.15, -0.1) is 0 Å². The Bertz CT molecular complexity index is 675. The maximum absolute atomic E-state index is 12.0. The third-order valence-corrected chi connectivity index (χ3v) is 4.28.